The first-order chi connectivity index (χ1) is 24.9. The number of carbonyl (C=O) groups excluding carboxylic acids is 4. The van der Waals surface area contributed by atoms with Crippen LogP contribution in [0.15, 0.2) is 24.5 Å². The summed E-state index contributed by atoms with van der Waals surface area (Å²) in [5, 5.41) is 5.08. The lowest BCUT2D eigenvalue weighted by Gasteiger charge is -2.50. The molecule has 0 unspecified atom stereocenters. The van der Waals surface area contributed by atoms with Gasteiger partial charge in [0.1, 0.15) is 17.6 Å². The van der Waals surface area contributed by atoms with Gasteiger partial charge in [0, 0.05) is 89.5 Å². The lowest BCUT2D eigenvalue weighted by Crippen LogP contribution is -2.59. The summed E-state index contributed by atoms with van der Waals surface area (Å²) in [6.07, 6.45) is 5.91. The normalized spacial score (nSPS) is 20.9. The summed E-state index contributed by atoms with van der Waals surface area (Å²) in [6.45, 7) is 11.6. The molecule has 282 valence electrons. The lowest BCUT2D eigenvalue weighted by molar-refractivity contribution is -0.137. The Hall–Kier alpha value is -4.60. The Labute approximate surface area is 302 Å². The first-order valence-corrected chi connectivity index (χ1v) is 18.3. The molecule has 0 bridgehead atoms. The molecule has 52 heavy (non-hydrogen) atoms. The highest BCUT2D eigenvalue weighted by atomic mass is 19.1. The number of piperidine rings is 2. The van der Waals surface area contributed by atoms with Crippen LogP contribution in [-0.4, -0.2) is 132 Å². The topological polar surface area (TPSA) is 144 Å². The van der Waals surface area contributed by atoms with Gasteiger partial charge >= 0.3 is 6.09 Å². The Balaban J connectivity index is 0.922. The van der Waals surface area contributed by atoms with E-state index >= 15 is 8.78 Å². The van der Waals surface area contributed by atoms with Crippen molar-refractivity contribution in [1.82, 2.24) is 30.0 Å². The molecule has 14 nitrogen and oxygen atoms in total. The summed E-state index contributed by atoms with van der Waals surface area (Å²) in [5.74, 6) is -1.40. The van der Waals surface area contributed by atoms with Gasteiger partial charge in [-0.05, 0) is 51.2 Å². The molecule has 4 fully saturated rings. The van der Waals surface area contributed by atoms with Gasteiger partial charge in [-0.15, -0.1) is 0 Å². The summed E-state index contributed by atoms with van der Waals surface area (Å²) in [6, 6.07) is 1.65. The predicted molar refractivity (Wildman–Crippen MR) is 190 cm³/mol. The van der Waals surface area contributed by atoms with Crippen molar-refractivity contribution >= 4 is 40.9 Å². The molecule has 4 saturated heterocycles. The number of anilines is 3. The zero-order valence-corrected chi connectivity index (χ0v) is 30.2. The number of hydrogen-bond acceptors (Lipinski definition) is 11. The van der Waals surface area contributed by atoms with Crippen LogP contribution in [0.25, 0.3) is 0 Å². The van der Waals surface area contributed by atoms with E-state index in [-0.39, 0.29) is 48.2 Å². The van der Waals surface area contributed by atoms with Crippen molar-refractivity contribution in [1.29, 1.82) is 0 Å². The molecule has 2 N–H and O–H groups in total. The second-order valence-electron chi connectivity index (χ2n) is 14.5. The number of aryl methyl sites for hydroxylation is 1. The SMILES string of the molecule is CCc1ncc(N2CCN(C(=O)OCC(=O)N3CCC(C(C)(C)N4CCN(c5c(F)cc(N[C@@H]6CCC(=O)NC6=O)cc5F)CC4)CC3)CC2)cn1. The fraction of sp³-hybridized carbons (Fsp3) is 0.611. The molecule has 4 aliphatic heterocycles. The van der Waals surface area contributed by atoms with Gasteiger partial charge in [-0.3, -0.25) is 24.6 Å². The number of benzene rings is 1. The van der Waals surface area contributed by atoms with Gasteiger partial charge in [-0.2, -0.15) is 0 Å². The molecule has 0 aliphatic carbocycles. The van der Waals surface area contributed by atoms with Crippen molar-refractivity contribution in [2.75, 3.05) is 87.2 Å². The summed E-state index contributed by atoms with van der Waals surface area (Å²) in [4.78, 5) is 67.6. The molecule has 0 saturated carbocycles. The quantitative estimate of drug-likeness (QED) is 0.369. The Kier molecular flexibility index (Phi) is 11.4. The minimum absolute atomic E-state index is 0.0891. The third-order valence-corrected chi connectivity index (χ3v) is 11.1. The number of piperazine rings is 2. The van der Waals surface area contributed by atoms with E-state index in [0.717, 1.165) is 30.8 Å². The molecule has 6 rings (SSSR count). The van der Waals surface area contributed by atoms with E-state index in [1.165, 1.54) is 12.1 Å². The van der Waals surface area contributed by atoms with Crippen LogP contribution in [0.3, 0.4) is 0 Å². The monoisotopic (exact) mass is 725 g/mol. The molecule has 16 heteroatoms. The fourth-order valence-corrected chi connectivity index (χ4v) is 7.73. The second kappa shape index (κ2) is 16.0. The van der Waals surface area contributed by atoms with Crippen molar-refractivity contribution in [2.45, 2.75) is 64.5 Å². The van der Waals surface area contributed by atoms with Crippen LogP contribution < -0.4 is 20.4 Å². The molecule has 1 aromatic carbocycles. The number of rotatable bonds is 9. The Morgan fingerprint density at radius 1 is 0.885 bits per heavy atom. The van der Waals surface area contributed by atoms with E-state index in [9.17, 15) is 19.2 Å². The average Bonchev–Trinajstić information content (AvgIpc) is 3.15. The van der Waals surface area contributed by atoms with E-state index in [1.807, 2.05) is 19.3 Å². The molecule has 4 amide bonds. The number of halogens is 2. The Morgan fingerprint density at radius 3 is 2.10 bits per heavy atom. The van der Waals surface area contributed by atoms with Crippen LogP contribution in [0.2, 0.25) is 0 Å². The van der Waals surface area contributed by atoms with Crippen molar-refractivity contribution in [2.24, 2.45) is 5.92 Å². The fourth-order valence-electron chi connectivity index (χ4n) is 7.73. The van der Waals surface area contributed by atoms with Crippen molar-refractivity contribution in [3.63, 3.8) is 0 Å². The van der Waals surface area contributed by atoms with E-state index in [0.29, 0.717) is 71.4 Å². The van der Waals surface area contributed by atoms with Gasteiger partial charge in [0.2, 0.25) is 11.8 Å². The second-order valence-corrected chi connectivity index (χ2v) is 14.5. The van der Waals surface area contributed by atoms with Gasteiger partial charge in [0.25, 0.3) is 5.91 Å². The highest BCUT2D eigenvalue weighted by molar-refractivity contribution is 6.01. The summed E-state index contributed by atoms with van der Waals surface area (Å²) in [5.41, 5.74) is 0.779. The largest absolute Gasteiger partial charge is 0.439 e. The number of carbonyl (C=O) groups is 4. The number of nitrogens with zero attached hydrogens (tertiary/aromatic N) is 7. The van der Waals surface area contributed by atoms with Crippen molar-refractivity contribution in [3.05, 3.63) is 42.0 Å². The number of hydrogen-bond donors (Lipinski definition) is 2. The number of likely N-dealkylation sites (tertiary alicyclic amines) is 1. The molecule has 1 aromatic heterocycles. The van der Waals surface area contributed by atoms with Crippen LogP contribution in [0, 0.1) is 17.6 Å². The molecule has 5 heterocycles. The number of amides is 4. The average molecular weight is 726 g/mol. The molecule has 2 aromatic rings. The number of imide groups is 1. The van der Waals surface area contributed by atoms with E-state index in [1.54, 1.807) is 14.7 Å². The van der Waals surface area contributed by atoms with Crippen LogP contribution in [0.4, 0.5) is 30.6 Å². The summed E-state index contributed by atoms with van der Waals surface area (Å²) in [7, 11) is 0. The third kappa shape index (κ3) is 8.37. The molecule has 4 aliphatic rings. The van der Waals surface area contributed by atoms with Crippen molar-refractivity contribution < 1.29 is 32.7 Å². The van der Waals surface area contributed by atoms with E-state index < -0.39 is 29.7 Å². The van der Waals surface area contributed by atoms with Gasteiger partial charge in [-0.25, -0.2) is 23.5 Å². The minimum Gasteiger partial charge on any atom is -0.439 e. The van der Waals surface area contributed by atoms with E-state index in [2.05, 4.69) is 44.2 Å². The van der Waals surface area contributed by atoms with Gasteiger partial charge in [0.05, 0.1) is 18.1 Å². The molecular formula is C36H49F2N9O5. The third-order valence-electron chi connectivity index (χ3n) is 11.1. The molecule has 1 atom stereocenters. The highest BCUT2D eigenvalue weighted by Gasteiger charge is 2.40. The van der Waals surface area contributed by atoms with Gasteiger partial charge in [0.15, 0.2) is 18.2 Å². The zero-order chi connectivity index (χ0) is 37.0. The maximum Gasteiger partial charge on any atom is 0.410 e. The smallest absolute Gasteiger partial charge is 0.410 e. The lowest BCUT2D eigenvalue weighted by atomic mass is 9.78. The highest BCUT2D eigenvalue weighted by Crippen LogP contribution is 2.35. The van der Waals surface area contributed by atoms with Crippen LogP contribution >= 0.6 is 0 Å². The standard InChI is InChI=1S/C36H49F2N9O5/c1-4-30-39-21-26(22-40-30)43-11-13-46(14-12-43)35(51)52-23-32(49)44-9-7-24(8-10-44)36(2,3)47-17-15-45(16-18-47)33-27(37)19-25(20-28(33)38)41-29-5-6-31(48)42-34(29)50/h19-22,24,29,41H,4-18,23H2,1-3H3,(H,42,48,50)/t29-/m1/s1. The first kappa shape index (κ1) is 37.2. The van der Waals surface area contributed by atoms with Crippen LogP contribution in [0.5, 0.6) is 0 Å². The Bertz CT molecular complexity index is 1600. The van der Waals surface area contributed by atoms with Crippen molar-refractivity contribution in [3.8, 4) is 0 Å². The summed E-state index contributed by atoms with van der Waals surface area (Å²) < 4.78 is 35.9. The Morgan fingerprint density at radius 2 is 1.50 bits per heavy atom. The molecule has 0 radical (unpaired) electrons. The first-order valence-electron chi connectivity index (χ1n) is 18.3. The van der Waals surface area contributed by atoms with Gasteiger partial charge in [-0.1, -0.05) is 6.92 Å². The van der Waals surface area contributed by atoms with Crippen LogP contribution in [0.1, 0.15) is 52.3 Å². The van der Waals surface area contributed by atoms with E-state index in [4.69, 9.17) is 4.74 Å². The van der Waals surface area contributed by atoms with Crippen LogP contribution in [-0.2, 0) is 25.5 Å². The molecular weight excluding hydrogens is 676 g/mol. The number of aromatic nitrogens is 2. The maximum absolute atomic E-state index is 15.3. The predicted octanol–water partition coefficient (Wildman–Crippen LogP) is 2.63. The number of nitrogens with one attached hydrogen (secondary N) is 2. The molecule has 0 spiro atoms. The zero-order valence-electron chi connectivity index (χ0n) is 30.2. The van der Waals surface area contributed by atoms with Gasteiger partial charge < -0.3 is 29.7 Å². The minimum atomic E-state index is -0.737. The summed E-state index contributed by atoms with van der Waals surface area (Å²) >= 11 is 0. The number of ether oxygens (including phenoxy) is 1. The maximum atomic E-state index is 15.3.